The van der Waals surface area contributed by atoms with Crippen molar-refractivity contribution in [2.24, 2.45) is 0 Å². The van der Waals surface area contributed by atoms with Crippen molar-refractivity contribution >= 4 is 23.2 Å². The Morgan fingerprint density at radius 1 is 1.33 bits per heavy atom. The molecule has 2 aromatic rings. The smallest absolute Gasteiger partial charge is 0.258 e. The van der Waals surface area contributed by atoms with Crippen molar-refractivity contribution in [3.63, 3.8) is 0 Å². The van der Waals surface area contributed by atoms with Crippen molar-refractivity contribution < 1.29 is 19.0 Å². The summed E-state index contributed by atoms with van der Waals surface area (Å²) in [4.78, 5) is 12.0. The molecule has 0 radical (unpaired) electrons. The molecular weight excluding hydrogens is 297 g/mol. The van der Waals surface area contributed by atoms with E-state index in [-0.39, 0.29) is 17.2 Å². The topological polar surface area (TPSA) is 58.6 Å². The minimum absolute atomic E-state index is 0.110. The van der Waals surface area contributed by atoms with Crippen LogP contribution in [0.15, 0.2) is 36.4 Å². The molecule has 0 heterocycles. The highest BCUT2D eigenvalue weighted by molar-refractivity contribution is 6.30. The Hall–Kier alpha value is -2.11. The van der Waals surface area contributed by atoms with Crippen molar-refractivity contribution in [1.29, 1.82) is 0 Å². The number of hydrogen-bond donors (Lipinski definition) is 2. The molecule has 0 aliphatic rings. The summed E-state index contributed by atoms with van der Waals surface area (Å²) in [7, 11) is 1.48. The van der Waals surface area contributed by atoms with E-state index < -0.39 is 11.7 Å². The summed E-state index contributed by atoms with van der Waals surface area (Å²) >= 11 is 5.64. The second kappa shape index (κ2) is 6.56. The third-order valence-electron chi connectivity index (χ3n) is 2.88. The highest BCUT2D eigenvalue weighted by atomic mass is 35.5. The van der Waals surface area contributed by atoms with Crippen molar-refractivity contribution in [1.82, 2.24) is 0 Å². The molecule has 0 aromatic heterocycles. The lowest BCUT2D eigenvalue weighted by molar-refractivity contribution is 0.102. The van der Waals surface area contributed by atoms with Crippen molar-refractivity contribution in [3.05, 3.63) is 58.4 Å². The second-order valence-electron chi connectivity index (χ2n) is 4.26. The highest BCUT2D eigenvalue weighted by Crippen LogP contribution is 2.23. The van der Waals surface area contributed by atoms with Gasteiger partial charge in [-0.25, -0.2) is 4.39 Å². The Kier molecular flexibility index (Phi) is 4.77. The van der Waals surface area contributed by atoms with Crippen LogP contribution in [0.5, 0.6) is 5.75 Å². The van der Waals surface area contributed by atoms with E-state index in [4.69, 9.17) is 16.3 Å². The van der Waals surface area contributed by atoms with Gasteiger partial charge in [0.2, 0.25) is 0 Å². The lowest BCUT2D eigenvalue weighted by Gasteiger charge is -2.10. The SMILES string of the molecule is COc1ccc(NC(=O)c2ccc(Cl)cc2F)cc1CO. The van der Waals surface area contributed by atoms with Gasteiger partial charge in [-0.05, 0) is 36.4 Å². The number of carbonyl (C=O) groups excluding carboxylic acids is 1. The van der Waals surface area contributed by atoms with E-state index in [1.165, 1.54) is 19.2 Å². The van der Waals surface area contributed by atoms with Crippen LogP contribution in [0.1, 0.15) is 15.9 Å². The molecule has 110 valence electrons. The number of aliphatic hydroxyl groups excluding tert-OH is 1. The Bertz CT molecular complexity index is 676. The van der Waals surface area contributed by atoms with Gasteiger partial charge < -0.3 is 15.2 Å². The second-order valence-corrected chi connectivity index (χ2v) is 4.70. The van der Waals surface area contributed by atoms with Crippen LogP contribution in [-0.4, -0.2) is 18.1 Å². The maximum absolute atomic E-state index is 13.7. The van der Waals surface area contributed by atoms with E-state index >= 15 is 0 Å². The molecule has 0 bridgehead atoms. The van der Waals surface area contributed by atoms with Crippen LogP contribution in [0, 0.1) is 5.82 Å². The minimum atomic E-state index is -0.698. The lowest BCUT2D eigenvalue weighted by atomic mass is 10.1. The molecule has 1 amide bonds. The molecule has 0 atom stereocenters. The molecule has 2 rings (SSSR count). The Morgan fingerprint density at radius 2 is 2.10 bits per heavy atom. The molecule has 21 heavy (non-hydrogen) atoms. The molecule has 6 heteroatoms. The van der Waals surface area contributed by atoms with Crippen LogP contribution in [0.25, 0.3) is 0 Å². The molecule has 0 saturated carbocycles. The van der Waals surface area contributed by atoms with E-state index in [0.717, 1.165) is 6.07 Å². The minimum Gasteiger partial charge on any atom is -0.496 e. The maximum Gasteiger partial charge on any atom is 0.258 e. The first-order valence-corrected chi connectivity index (χ1v) is 6.47. The van der Waals surface area contributed by atoms with Crippen molar-refractivity contribution in [2.75, 3.05) is 12.4 Å². The van der Waals surface area contributed by atoms with E-state index in [9.17, 15) is 14.3 Å². The van der Waals surface area contributed by atoms with Gasteiger partial charge in [-0.2, -0.15) is 0 Å². The normalized spacial score (nSPS) is 10.3. The fourth-order valence-electron chi connectivity index (χ4n) is 1.85. The van der Waals surface area contributed by atoms with Gasteiger partial charge in [-0.15, -0.1) is 0 Å². The number of benzene rings is 2. The molecule has 0 spiro atoms. The number of anilines is 1. The van der Waals surface area contributed by atoms with Gasteiger partial charge in [-0.3, -0.25) is 4.79 Å². The molecule has 0 aliphatic heterocycles. The average molecular weight is 310 g/mol. The predicted octanol–water partition coefficient (Wildman–Crippen LogP) is 3.23. The van der Waals surface area contributed by atoms with Gasteiger partial charge in [0.25, 0.3) is 5.91 Å². The van der Waals surface area contributed by atoms with Crippen LogP contribution in [0.4, 0.5) is 10.1 Å². The van der Waals surface area contributed by atoms with E-state index in [0.29, 0.717) is 17.0 Å². The number of carbonyl (C=O) groups is 1. The number of aliphatic hydroxyl groups is 1. The van der Waals surface area contributed by atoms with Gasteiger partial charge in [-0.1, -0.05) is 11.6 Å². The maximum atomic E-state index is 13.7. The summed E-state index contributed by atoms with van der Waals surface area (Å²) in [6.45, 7) is -0.234. The average Bonchev–Trinajstić information content (AvgIpc) is 2.46. The number of halogens is 2. The lowest BCUT2D eigenvalue weighted by Crippen LogP contribution is -2.14. The van der Waals surface area contributed by atoms with Crippen molar-refractivity contribution in [3.8, 4) is 5.75 Å². The molecule has 0 saturated heterocycles. The molecular formula is C15H13ClFNO3. The van der Waals surface area contributed by atoms with Crippen LogP contribution >= 0.6 is 11.6 Å². The third-order valence-corrected chi connectivity index (χ3v) is 3.12. The van der Waals surface area contributed by atoms with E-state index in [2.05, 4.69) is 5.32 Å². The number of ether oxygens (including phenoxy) is 1. The number of rotatable bonds is 4. The quantitative estimate of drug-likeness (QED) is 0.911. The van der Waals surface area contributed by atoms with Crippen LogP contribution in [0.3, 0.4) is 0 Å². The van der Waals surface area contributed by atoms with E-state index in [1.807, 2.05) is 0 Å². The summed E-state index contributed by atoms with van der Waals surface area (Å²) in [5.41, 5.74) is 0.840. The number of amides is 1. The number of hydrogen-bond acceptors (Lipinski definition) is 3. The van der Waals surface area contributed by atoms with Crippen LogP contribution in [0.2, 0.25) is 5.02 Å². The molecule has 2 aromatic carbocycles. The van der Waals surface area contributed by atoms with Gasteiger partial charge in [0.05, 0.1) is 19.3 Å². The summed E-state index contributed by atoms with van der Waals surface area (Å²) in [5, 5.41) is 12.0. The molecule has 0 fully saturated rings. The zero-order valence-electron chi connectivity index (χ0n) is 11.2. The zero-order valence-corrected chi connectivity index (χ0v) is 11.9. The first-order valence-electron chi connectivity index (χ1n) is 6.09. The number of nitrogens with one attached hydrogen (secondary N) is 1. The fraction of sp³-hybridized carbons (Fsp3) is 0.133. The van der Waals surface area contributed by atoms with Gasteiger partial charge in [0, 0.05) is 16.3 Å². The predicted molar refractivity (Wildman–Crippen MR) is 78.3 cm³/mol. The largest absolute Gasteiger partial charge is 0.496 e. The number of methoxy groups -OCH3 is 1. The van der Waals surface area contributed by atoms with Crippen LogP contribution < -0.4 is 10.1 Å². The Balaban J connectivity index is 2.23. The summed E-state index contributed by atoms with van der Waals surface area (Å²) in [6.07, 6.45) is 0. The first-order chi connectivity index (χ1) is 10.0. The zero-order chi connectivity index (χ0) is 15.4. The summed E-state index contributed by atoms with van der Waals surface area (Å²) in [5.74, 6) is -0.790. The summed E-state index contributed by atoms with van der Waals surface area (Å²) in [6, 6.07) is 8.59. The van der Waals surface area contributed by atoms with Gasteiger partial charge >= 0.3 is 0 Å². The standard InChI is InChI=1S/C15H13ClFNO3/c1-21-14-5-3-11(6-9(14)8-19)18-15(20)12-4-2-10(16)7-13(12)17/h2-7,19H,8H2,1H3,(H,18,20). The highest BCUT2D eigenvalue weighted by Gasteiger charge is 2.13. The van der Waals surface area contributed by atoms with Crippen LogP contribution in [-0.2, 0) is 6.61 Å². The Morgan fingerprint density at radius 3 is 2.71 bits per heavy atom. The first kappa shape index (κ1) is 15.3. The monoisotopic (exact) mass is 309 g/mol. The molecule has 4 nitrogen and oxygen atoms in total. The molecule has 2 N–H and O–H groups in total. The van der Waals surface area contributed by atoms with Gasteiger partial charge in [0.15, 0.2) is 0 Å². The third kappa shape index (κ3) is 3.51. The fourth-order valence-corrected chi connectivity index (χ4v) is 2.01. The van der Waals surface area contributed by atoms with Gasteiger partial charge in [0.1, 0.15) is 11.6 Å². The molecule has 0 unspecified atom stereocenters. The molecule has 0 aliphatic carbocycles. The van der Waals surface area contributed by atoms with E-state index in [1.54, 1.807) is 18.2 Å². The summed E-state index contributed by atoms with van der Waals surface area (Å²) < 4.78 is 18.7. The Labute approximate surface area is 126 Å². The van der Waals surface area contributed by atoms with Crippen molar-refractivity contribution in [2.45, 2.75) is 6.61 Å².